The molecule has 1 heterocycles. The molecule has 2 N–H and O–H groups in total. The average molecular weight is 322 g/mol. The van der Waals surface area contributed by atoms with E-state index >= 15 is 0 Å². The molecule has 2 amide bonds. The molecule has 1 rings (SSSR count). The summed E-state index contributed by atoms with van der Waals surface area (Å²) in [4.78, 5) is 25.2. The molecule has 0 saturated carbocycles. The van der Waals surface area contributed by atoms with Crippen molar-refractivity contribution in [2.24, 2.45) is 0 Å². The maximum absolute atomic E-state index is 12.0. The van der Waals surface area contributed by atoms with E-state index in [1.54, 1.807) is 11.8 Å². The normalized spacial score (nSPS) is 16.5. The van der Waals surface area contributed by atoms with E-state index < -0.39 is 11.4 Å². The summed E-state index contributed by atoms with van der Waals surface area (Å²) in [5.41, 5.74) is -0.342. The summed E-state index contributed by atoms with van der Waals surface area (Å²) >= 11 is 0. The van der Waals surface area contributed by atoms with Gasteiger partial charge in [0.1, 0.15) is 11.6 Å². The van der Waals surface area contributed by atoms with Gasteiger partial charge in [-0.25, -0.2) is 4.79 Å². The second-order valence-electron chi connectivity index (χ2n) is 6.50. The molecule has 0 aromatic carbocycles. The third-order valence-electron chi connectivity index (χ3n) is 3.34. The predicted octanol–water partition coefficient (Wildman–Crippen LogP) is 1.52. The lowest BCUT2D eigenvalue weighted by atomic mass is 10.1. The van der Waals surface area contributed by atoms with Crippen LogP contribution in [0.3, 0.4) is 0 Å². The molecule has 0 spiro atoms. The number of piperidine rings is 1. The number of nitrogens with one attached hydrogen (secondary N) is 2. The largest absolute Gasteiger partial charge is 0.450 e. The smallest absolute Gasteiger partial charge is 0.409 e. The topological polar surface area (TPSA) is 94.5 Å². The van der Waals surface area contributed by atoms with Crippen molar-refractivity contribution in [3.8, 4) is 6.07 Å². The molecule has 7 nitrogen and oxygen atoms in total. The molecule has 1 aliphatic heterocycles. The summed E-state index contributed by atoms with van der Waals surface area (Å²) in [5, 5.41) is 15.0. The van der Waals surface area contributed by atoms with Gasteiger partial charge in [0, 0.05) is 30.9 Å². The quantitative estimate of drug-likeness (QED) is 0.604. The fourth-order valence-electron chi connectivity index (χ4n) is 2.20. The van der Waals surface area contributed by atoms with Crippen molar-refractivity contribution in [1.29, 1.82) is 5.26 Å². The minimum absolute atomic E-state index is 0.0488. The lowest BCUT2D eigenvalue weighted by Gasteiger charge is -2.31. The Kier molecular flexibility index (Phi) is 6.89. The number of carbonyl (C=O) groups is 2. The minimum atomic E-state index is -0.392. The van der Waals surface area contributed by atoms with Gasteiger partial charge in [0.2, 0.25) is 0 Å². The van der Waals surface area contributed by atoms with Crippen LogP contribution in [0.5, 0.6) is 0 Å². The van der Waals surface area contributed by atoms with Crippen LogP contribution >= 0.6 is 0 Å². The van der Waals surface area contributed by atoms with Crippen LogP contribution in [0.4, 0.5) is 4.79 Å². The molecule has 0 aromatic heterocycles. The number of likely N-dealkylation sites (tertiary alicyclic amines) is 1. The first kappa shape index (κ1) is 18.8. The van der Waals surface area contributed by atoms with Crippen LogP contribution < -0.4 is 10.6 Å². The van der Waals surface area contributed by atoms with Crippen molar-refractivity contribution >= 4 is 12.0 Å². The van der Waals surface area contributed by atoms with Crippen LogP contribution in [-0.4, -0.2) is 48.2 Å². The van der Waals surface area contributed by atoms with Gasteiger partial charge in [-0.1, -0.05) is 0 Å². The lowest BCUT2D eigenvalue weighted by molar-refractivity contribution is -0.118. The van der Waals surface area contributed by atoms with Crippen molar-refractivity contribution in [3.05, 3.63) is 11.8 Å². The van der Waals surface area contributed by atoms with Crippen LogP contribution in [0.2, 0.25) is 0 Å². The fraction of sp³-hybridized carbons (Fsp3) is 0.688. The Bertz CT molecular complexity index is 494. The Hall–Kier alpha value is -2.23. The zero-order valence-electron chi connectivity index (χ0n) is 14.3. The second kappa shape index (κ2) is 8.42. The van der Waals surface area contributed by atoms with Crippen LogP contribution in [-0.2, 0) is 9.53 Å². The van der Waals surface area contributed by atoms with Gasteiger partial charge in [0.25, 0.3) is 5.91 Å². The number of rotatable bonds is 4. The monoisotopic (exact) mass is 322 g/mol. The molecule has 0 aromatic rings. The first-order chi connectivity index (χ1) is 10.8. The Morgan fingerprint density at radius 2 is 1.96 bits per heavy atom. The lowest BCUT2D eigenvalue weighted by Crippen LogP contribution is -2.44. The number of amides is 2. The molecule has 1 aliphatic rings. The van der Waals surface area contributed by atoms with Gasteiger partial charge in [-0.2, -0.15) is 5.26 Å². The third kappa shape index (κ3) is 6.59. The molecule has 0 aliphatic carbocycles. The first-order valence-corrected chi connectivity index (χ1v) is 7.87. The van der Waals surface area contributed by atoms with Gasteiger partial charge in [0.05, 0.1) is 6.61 Å². The van der Waals surface area contributed by atoms with Gasteiger partial charge in [-0.3, -0.25) is 4.79 Å². The predicted molar refractivity (Wildman–Crippen MR) is 86.3 cm³/mol. The van der Waals surface area contributed by atoms with Gasteiger partial charge in [-0.15, -0.1) is 0 Å². The van der Waals surface area contributed by atoms with E-state index in [0.29, 0.717) is 19.7 Å². The van der Waals surface area contributed by atoms with E-state index in [2.05, 4.69) is 10.6 Å². The Balaban J connectivity index is 2.50. The zero-order valence-corrected chi connectivity index (χ0v) is 14.3. The van der Waals surface area contributed by atoms with Gasteiger partial charge in [0.15, 0.2) is 0 Å². The Morgan fingerprint density at radius 3 is 2.43 bits per heavy atom. The minimum Gasteiger partial charge on any atom is -0.450 e. The summed E-state index contributed by atoms with van der Waals surface area (Å²) in [6, 6.07) is 2.04. The molecule has 0 radical (unpaired) electrons. The highest BCUT2D eigenvalue weighted by Gasteiger charge is 2.23. The molecule has 0 bridgehead atoms. The van der Waals surface area contributed by atoms with Crippen molar-refractivity contribution < 1.29 is 14.3 Å². The summed E-state index contributed by atoms with van der Waals surface area (Å²) in [5.74, 6) is -0.392. The van der Waals surface area contributed by atoms with Crippen molar-refractivity contribution in [1.82, 2.24) is 15.5 Å². The standard InChI is InChI=1S/C16H26N4O3/c1-5-23-15(22)20-8-6-13(7-9-20)18-11-12(10-17)14(21)19-16(2,3)4/h11,13,18H,5-9H2,1-4H3,(H,19,21)/b12-11-. The van der Waals surface area contributed by atoms with Crippen LogP contribution in [0, 0.1) is 11.3 Å². The van der Waals surface area contributed by atoms with Gasteiger partial charge < -0.3 is 20.3 Å². The molecule has 23 heavy (non-hydrogen) atoms. The number of nitriles is 1. The van der Waals surface area contributed by atoms with E-state index in [4.69, 9.17) is 10.00 Å². The van der Waals surface area contributed by atoms with Gasteiger partial charge in [-0.05, 0) is 40.5 Å². The van der Waals surface area contributed by atoms with Crippen molar-refractivity contribution in [3.63, 3.8) is 0 Å². The molecular formula is C16H26N4O3. The highest BCUT2D eigenvalue weighted by atomic mass is 16.6. The molecule has 128 valence electrons. The van der Waals surface area contributed by atoms with Crippen LogP contribution in [0.15, 0.2) is 11.8 Å². The number of nitrogens with zero attached hydrogens (tertiary/aromatic N) is 2. The highest BCUT2D eigenvalue weighted by molar-refractivity contribution is 5.97. The van der Waals surface area contributed by atoms with E-state index in [1.807, 2.05) is 26.8 Å². The maximum atomic E-state index is 12.0. The van der Waals surface area contributed by atoms with E-state index in [-0.39, 0.29) is 17.7 Å². The molecule has 1 fully saturated rings. The SMILES string of the molecule is CCOC(=O)N1CCC(N/C=C(/C#N)C(=O)NC(C)(C)C)CC1. The number of ether oxygens (including phenoxy) is 1. The summed E-state index contributed by atoms with van der Waals surface area (Å²) in [7, 11) is 0. The number of carbonyl (C=O) groups excluding carboxylic acids is 2. The molecule has 1 saturated heterocycles. The van der Waals surface area contributed by atoms with Crippen LogP contribution in [0.25, 0.3) is 0 Å². The van der Waals surface area contributed by atoms with E-state index in [9.17, 15) is 9.59 Å². The number of hydrogen-bond donors (Lipinski definition) is 2. The molecule has 0 atom stereocenters. The van der Waals surface area contributed by atoms with E-state index in [1.165, 1.54) is 6.20 Å². The summed E-state index contributed by atoms with van der Waals surface area (Å²) in [6.07, 6.45) is 2.67. The molecular weight excluding hydrogens is 296 g/mol. The van der Waals surface area contributed by atoms with Crippen LogP contribution in [0.1, 0.15) is 40.5 Å². The van der Waals surface area contributed by atoms with Crippen molar-refractivity contribution in [2.45, 2.75) is 52.1 Å². The van der Waals surface area contributed by atoms with Crippen molar-refractivity contribution in [2.75, 3.05) is 19.7 Å². The number of hydrogen-bond acceptors (Lipinski definition) is 5. The maximum Gasteiger partial charge on any atom is 0.409 e. The Labute approximate surface area is 137 Å². The average Bonchev–Trinajstić information content (AvgIpc) is 2.47. The zero-order chi connectivity index (χ0) is 17.5. The fourth-order valence-corrected chi connectivity index (χ4v) is 2.20. The Morgan fingerprint density at radius 1 is 1.35 bits per heavy atom. The molecule has 7 heteroatoms. The summed E-state index contributed by atoms with van der Waals surface area (Å²) < 4.78 is 4.97. The first-order valence-electron chi connectivity index (χ1n) is 7.87. The van der Waals surface area contributed by atoms with Gasteiger partial charge >= 0.3 is 6.09 Å². The summed E-state index contributed by atoms with van der Waals surface area (Å²) in [6.45, 7) is 8.92. The van der Waals surface area contributed by atoms with E-state index in [0.717, 1.165) is 12.8 Å². The second-order valence-corrected chi connectivity index (χ2v) is 6.50. The highest BCUT2D eigenvalue weighted by Crippen LogP contribution is 2.12. The molecule has 0 unspecified atom stereocenters. The third-order valence-corrected chi connectivity index (χ3v) is 3.34.